The Morgan fingerprint density at radius 3 is 2.14 bits per heavy atom. The van der Waals surface area contributed by atoms with Gasteiger partial charge in [-0.2, -0.15) is 0 Å². The van der Waals surface area contributed by atoms with Crippen LogP contribution in [0.5, 0.6) is 5.75 Å². The standard InChI is InChI=1S/C17H16N2O3/c1-2-22-14-10-8-13(9-11-14)17(12-6-4-3-5-7-12)15(20)18-16(21)19-17/h3-11H,2H2,1H3,(H2,18,19,20,21). The summed E-state index contributed by atoms with van der Waals surface area (Å²) in [5.74, 6) is 0.340. The zero-order chi connectivity index (χ0) is 15.6. The molecule has 2 aromatic rings. The minimum Gasteiger partial charge on any atom is -0.494 e. The zero-order valence-corrected chi connectivity index (χ0v) is 12.1. The first-order valence-electron chi connectivity index (χ1n) is 7.09. The van der Waals surface area contributed by atoms with E-state index in [1.807, 2.05) is 37.3 Å². The van der Waals surface area contributed by atoms with Crippen LogP contribution >= 0.6 is 0 Å². The Balaban J connectivity index is 2.10. The average molecular weight is 296 g/mol. The lowest BCUT2D eigenvalue weighted by molar-refractivity contribution is -0.122. The first-order valence-corrected chi connectivity index (χ1v) is 7.09. The van der Waals surface area contributed by atoms with Gasteiger partial charge in [0.1, 0.15) is 5.75 Å². The maximum absolute atomic E-state index is 12.5. The van der Waals surface area contributed by atoms with Gasteiger partial charge in [0.2, 0.25) is 0 Å². The fourth-order valence-corrected chi connectivity index (χ4v) is 2.68. The molecule has 1 aliphatic rings. The third kappa shape index (κ3) is 2.20. The van der Waals surface area contributed by atoms with Crippen molar-refractivity contribution in [1.82, 2.24) is 10.6 Å². The summed E-state index contributed by atoms with van der Waals surface area (Å²) in [5, 5.41) is 5.08. The number of rotatable bonds is 4. The van der Waals surface area contributed by atoms with E-state index in [2.05, 4.69) is 10.6 Å². The van der Waals surface area contributed by atoms with Crippen LogP contribution in [-0.4, -0.2) is 18.5 Å². The number of hydrogen-bond donors (Lipinski definition) is 2. The van der Waals surface area contributed by atoms with Gasteiger partial charge in [-0.05, 0) is 30.2 Å². The summed E-state index contributed by atoms with van der Waals surface area (Å²) in [4.78, 5) is 24.2. The van der Waals surface area contributed by atoms with Crippen LogP contribution in [0.25, 0.3) is 0 Å². The minimum absolute atomic E-state index is 0.382. The maximum atomic E-state index is 12.5. The number of nitrogens with one attached hydrogen (secondary N) is 2. The molecule has 112 valence electrons. The molecular formula is C17H16N2O3. The Morgan fingerprint density at radius 2 is 1.59 bits per heavy atom. The molecule has 3 rings (SSSR count). The Bertz CT molecular complexity index is 698. The molecule has 3 amide bonds. The van der Waals surface area contributed by atoms with E-state index in [0.29, 0.717) is 17.7 Å². The number of carbonyl (C=O) groups is 2. The summed E-state index contributed by atoms with van der Waals surface area (Å²) in [6, 6.07) is 15.9. The topological polar surface area (TPSA) is 67.4 Å². The van der Waals surface area contributed by atoms with Crippen LogP contribution in [0.15, 0.2) is 54.6 Å². The normalized spacial score (nSPS) is 20.4. The van der Waals surface area contributed by atoms with Crippen LogP contribution in [0, 0.1) is 0 Å². The van der Waals surface area contributed by atoms with E-state index in [1.54, 1.807) is 24.3 Å². The largest absolute Gasteiger partial charge is 0.494 e. The molecule has 0 radical (unpaired) electrons. The molecule has 1 heterocycles. The molecule has 1 unspecified atom stereocenters. The Kier molecular flexibility index (Phi) is 3.55. The summed E-state index contributed by atoms with van der Waals surface area (Å²) >= 11 is 0. The van der Waals surface area contributed by atoms with Gasteiger partial charge in [0, 0.05) is 0 Å². The predicted octanol–water partition coefficient (Wildman–Crippen LogP) is 2.17. The number of benzene rings is 2. The quantitative estimate of drug-likeness (QED) is 0.850. The number of carbonyl (C=O) groups excluding carboxylic acids is 2. The van der Waals surface area contributed by atoms with Gasteiger partial charge in [0.15, 0.2) is 5.54 Å². The van der Waals surface area contributed by atoms with Crippen molar-refractivity contribution in [3.63, 3.8) is 0 Å². The van der Waals surface area contributed by atoms with Gasteiger partial charge in [-0.3, -0.25) is 10.1 Å². The summed E-state index contributed by atoms with van der Waals surface area (Å²) in [6.45, 7) is 2.48. The van der Waals surface area contributed by atoms with Crippen molar-refractivity contribution in [3.8, 4) is 5.75 Å². The van der Waals surface area contributed by atoms with E-state index in [9.17, 15) is 9.59 Å². The SMILES string of the molecule is CCOc1ccc(C2(c3ccccc3)NC(=O)NC2=O)cc1. The Labute approximate surface area is 128 Å². The van der Waals surface area contributed by atoms with E-state index in [0.717, 1.165) is 5.75 Å². The van der Waals surface area contributed by atoms with Crippen LogP contribution in [0.4, 0.5) is 4.79 Å². The molecule has 2 N–H and O–H groups in total. The molecule has 0 aromatic heterocycles. The lowest BCUT2D eigenvalue weighted by Crippen LogP contribution is -2.44. The number of ether oxygens (including phenoxy) is 1. The number of amides is 3. The van der Waals surface area contributed by atoms with Crippen molar-refractivity contribution < 1.29 is 14.3 Å². The highest BCUT2D eigenvalue weighted by Crippen LogP contribution is 2.33. The second kappa shape index (κ2) is 5.52. The predicted molar refractivity (Wildman–Crippen MR) is 81.5 cm³/mol. The van der Waals surface area contributed by atoms with Crippen LogP contribution in [-0.2, 0) is 10.3 Å². The van der Waals surface area contributed by atoms with Gasteiger partial charge in [0.05, 0.1) is 6.61 Å². The molecule has 1 saturated heterocycles. The van der Waals surface area contributed by atoms with Crippen LogP contribution in [0.2, 0.25) is 0 Å². The van der Waals surface area contributed by atoms with E-state index in [1.165, 1.54) is 0 Å². The lowest BCUT2D eigenvalue weighted by atomic mass is 9.83. The lowest BCUT2D eigenvalue weighted by Gasteiger charge is -2.27. The first kappa shape index (κ1) is 14.1. The molecule has 1 atom stereocenters. The molecule has 1 fully saturated rings. The highest BCUT2D eigenvalue weighted by Gasteiger charge is 2.49. The van der Waals surface area contributed by atoms with Crippen LogP contribution < -0.4 is 15.4 Å². The van der Waals surface area contributed by atoms with E-state index in [-0.39, 0.29) is 5.91 Å². The average Bonchev–Trinajstić information content (AvgIpc) is 2.85. The molecule has 2 aromatic carbocycles. The zero-order valence-electron chi connectivity index (χ0n) is 12.1. The molecule has 22 heavy (non-hydrogen) atoms. The number of hydrogen-bond acceptors (Lipinski definition) is 3. The molecule has 0 spiro atoms. The fraction of sp³-hybridized carbons (Fsp3) is 0.176. The second-order valence-electron chi connectivity index (χ2n) is 4.98. The number of imide groups is 1. The van der Waals surface area contributed by atoms with Gasteiger partial charge in [0.25, 0.3) is 5.91 Å². The third-order valence-corrected chi connectivity index (χ3v) is 3.67. The molecule has 0 aliphatic carbocycles. The minimum atomic E-state index is -1.21. The van der Waals surface area contributed by atoms with Crippen molar-refractivity contribution in [2.24, 2.45) is 0 Å². The van der Waals surface area contributed by atoms with Crippen molar-refractivity contribution in [2.45, 2.75) is 12.5 Å². The molecule has 5 heteroatoms. The van der Waals surface area contributed by atoms with Crippen molar-refractivity contribution in [2.75, 3.05) is 6.61 Å². The highest BCUT2D eigenvalue weighted by molar-refractivity contribution is 6.09. The van der Waals surface area contributed by atoms with Gasteiger partial charge < -0.3 is 10.1 Å². The van der Waals surface area contributed by atoms with Gasteiger partial charge in [-0.1, -0.05) is 42.5 Å². The van der Waals surface area contributed by atoms with Crippen molar-refractivity contribution in [1.29, 1.82) is 0 Å². The third-order valence-electron chi connectivity index (χ3n) is 3.67. The highest BCUT2D eigenvalue weighted by atomic mass is 16.5. The maximum Gasteiger partial charge on any atom is 0.322 e. The molecule has 5 nitrogen and oxygen atoms in total. The van der Waals surface area contributed by atoms with E-state index >= 15 is 0 Å². The van der Waals surface area contributed by atoms with E-state index in [4.69, 9.17) is 4.74 Å². The summed E-state index contributed by atoms with van der Waals surface area (Å²) in [7, 11) is 0. The van der Waals surface area contributed by atoms with Crippen LogP contribution in [0.3, 0.4) is 0 Å². The van der Waals surface area contributed by atoms with Gasteiger partial charge in [-0.25, -0.2) is 4.79 Å². The Hall–Kier alpha value is -2.82. The molecule has 1 aliphatic heterocycles. The fourth-order valence-electron chi connectivity index (χ4n) is 2.68. The second-order valence-corrected chi connectivity index (χ2v) is 4.98. The summed E-state index contributed by atoms with van der Waals surface area (Å²) < 4.78 is 5.42. The first-order chi connectivity index (χ1) is 10.7. The Morgan fingerprint density at radius 1 is 0.955 bits per heavy atom. The van der Waals surface area contributed by atoms with Crippen molar-refractivity contribution in [3.05, 3.63) is 65.7 Å². The van der Waals surface area contributed by atoms with E-state index < -0.39 is 11.6 Å². The molecule has 0 bridgehead atoms. The van der Waals surface area contributed by atoms with Gasteiger partial charge >= 0.3 is 6.03 Å². The van der Waals surface area contributed by atoms with Crippen LogP contribution in [0.1, 0.15) is 18.1 Å². The molecular weight excluding hydrogens is 280 g/mol. The monoisotopic (exact) mass is 296 g/mol. The van der Waals surface area contributed by atoms with Gasteiger partial charge in [-0.15, -0.1) is 0 Å². The van der Waals surface area contributed by atoms with Crippen molar-refractivity contribution >= 4 is 11.9 Å². The summed E-state index contributed by atoms with van der Waals surface area (Å²) in [5.41, 5.74) is 0.191. The smallest absolute Gasteiger partial charge is 0.322 e. The summed E-state index contributed by atoms with van der Waals surface area (Å²) in [6.07, 6.45) is 0. The molecule has 0 saturated carbocycles. The number of urea groups is 1.